The zero-order valence-corrected chi connectivity index (χ0v) is 17.5. The Labute approximate surface area is 176 Å². The standard InChI is InChI=1S/C20H21N5O2S2/c1-2-21-19(27)22-18(26)16(13-7-4-3-5-8-13)29-20-24-23-17(15-9-6-12-28-15)25(20)14-10-11-14/h3-9,12,14,16H,2,10-11H2,1H3,(H2,21,22,26,27). The molecule has 2 N–H and O–H groups in total. The van der Waals surface area contributed by atoms with E-state index in [9.17, 15) is 9.59 Å². The second-order valence-electron chi connectivity index (χ2n) is 6.64. The second-order valence-corrected chi connectivity index (χ2v) is 8.66. The average Bonchev–Trinajstić information content (AvgIpc) is 3.24. The van der Waals surface area contributed by atoms with Gasteiger partial charge in [0.25, 0.3) is 0 Å². The molecular formula is C20H21N5O2S2. The number of carbonyl (C=O) groups excluding carboxylic acids is 2. The van der Waals surface area contributed by atoms with Crippen LogP contribution in [0.4, 0.5) is 4.79 Å². The summed E-state index contributed by atoms with van der Waals surface area (Å²) in [5, 5.41) is 15.9. The predicted molar refractivity (Wildman–Crippen MR) is 114 cm³/mol. The second kappa shape index (κ2) is 8.79. The maximum absolute atomic E-state index is 12.9. The van der Waals surface area contributed by atoms with Gasteiger partial charge in [0.1, 0.15) is 5.25 Å². The van der Waals surface area contributed by atoms with Gasteiger partial charge in [-0.1, -0.05) is 48.2 Å². The van der Waals surface area contributed by atoms with E-state index in [2.05, 4.69) is 25.4 Å². The number of carbonyl (C=O) groups is 2. The number of amides is 3. The van der Waals surface area contributed by atoms with E-state index in [0.29, 0.717) is 17.7 Å². The number of nitrogens with one attached hydrogen (secondary N) is 2. The van der Waals surface area contributed by atoms with Crippen LogP contribution in [0, 0.1) is 0 Å². The summed E-state index contributed by atoms with van der Waals surface area (Å²) in [6.07, 6.45) is 2.15. The van der Waals surface area contributed by atoms with Crippen LogP contribution >= 0.6 is 23.1 Å². The summed E-state index contributed by atoms with van der Waals surface area (Å²) in [6, 6.07) is 13.3. The first-order valence-corrected chi connectivity index (χ1v) is 11.2. The van der Waals surface area contributed by atoms with Crippen LogP contribution < -0.4 is 10.6 Å². The molecule has 2 aromatic heterocycles. The van der Waals surface area contributed by atoms with Crippen LogP contribution in [-0.2, 0) is 4.79 Å². The average molecular weight is 428 g/mol. The van der Waals surface area contributed by atoms with Crippen molar-refractivity contribution in [2.75, 3.05) is 6.54 Å². The van der Waals surface area contributed by atoms with Crippen LogP contribution in [0.2, 0.25) is 0 Å². The molecule has 150 valence electrons. The molecule has 1 aromatic carbocycles. The molecule has 3 aromatic rings. The molecule has 0 saturated heterocycles. The molecule has 9 heteroatoms. The summed E-state index contributed by atoms with van der Waals surface area (Å²) in [6.45, 7) is 2.25. The van der Waals surface area contributed by atoms with Crippen molar-refractivity contribution in [1.29, 1.82) is 0 Å². The zero-order valence-electron chi connectivity index (χ0n) is 15.9. The van der Waals surface area contributed by atoms with Gasteiger partial charge in [0.2, 0.25) is 5.91 Å². The zero-order chi connectivity index (χ0) is 20.2. The summed E-state index contributed by atoms with van der Waals surface area (Å²) in [4.78, 5) is 25.9. The Morgan fingerprint density at radius 1 is 1.21 bits per heavy atom. The van der Waals surface area contributed by atoms with Crippen LogP contribution in [-0.4, -0.2) is 33.2 Å². The molecule has 0 radical (unpaired) electrons. The monoisotopic (exact) mass is 427 g/mol. The lowest BCUT2D eigenvalue weighted by Crippen LogP contribution is -2.41. The Kier molecular flexibility index (Phi) is 5.96. The Balaban J connectivity index is 1.65. The van der Waals surface area contributed by atoms with Crippen molar-refractivity contribution < 1.29 is 9.59 Å². The number of urea groups is 1. The molecule has 1 fully saturated rings. The van der Waals surface area contributed by atoms with E-state index in [1.807, 2.05) is 47.8 Å². The van der Waals surface area contributed by atoms with Gasteiger partial charge in [-0.2, -0.15) is 0 Å². The Hall–Kier alpha value is -2.65. The van der Waals surface area contributed by atoms with Gasteiger partial charge < -0.3 is 5.32 Å². The van der Waals surface area contributed by atoms with Crippen molar-refractivity contribution in [2.45, 2.75) is 36.2 Å². The number of hydrogen-bond acceptors (Lipinski definition) is 6. The number of imide groups is 1. The highest BCUT2D eigenvalue weighted by atomic mass is 32.2. The van der Waals surface area contributed by atoms with E-state index < -0.39 is 11.3 Å². The van der Waals surface area contributed by atoms with Gasteiger partial charge >= 0.3 is 6.03 Å². The third-order valence-corrected chi connectivity index (χ3v) is 6.53. The van der Waals surface area contributed by atoms with E-state index in [4.69, 9.17) is 0 Å². The summed E-state index contributed by atoms with van der Waals surface area (Å²) in [7, 11) is 0. The maximum atomic E-state index is 12.9. The van der Waals surface area contributed by atoms with E-state index in [1.165, 1.54) is 11.8 Å². The van der Waals surface area contributed by atoms with Gasteiger partial charge in [0, 0.05) is 12.6 Å². The lowest BCUT2D eigenvalue weighted by molar-refractivity contribution is -0.119. The topological polar surface area (TPSA) is 88.9 Å². The predicted octanol–water partition coefficient (Wildman–Crippen LogP) is 4.02. The molecule has 0 aliphatic heterocycles. The quantitative estimate of drug-likeness (QED) is 0.556. The fraction of sp³-hybridized carbons (Fsp3) is 0.300. The molecule has 29 heavy (non-hydrogen) atoms. The first kappa shape index (κ1) is 19.7. The number of thiophene rings is 1. The summed E-state index contributed by atoms with van der Waals surface area (Å²) in [5.41, 5.74) is 0.808. The number of benzene rings is 1. The molecule has 7 nitrogen and oxygen atoms in total. The highest BCUT2D eigenvalue weighted by Gasteiger charge is 2.33. The first-order chi connectivity index (χ1) is 14.2. The lowest BCUT2D eigenvalue weighted by Gasteiger charge is -2.17. The minimum Gasteiger partial charge on any atom is -0.338 e. The number of aromatic nitrogens is 3. The smallest absolute Gasteiger partial charge is 0.321 e. The number of nitrogens with zero attached hydrogens (tertiary/aromatic N) is 3. The fourth-order valence-corrected chi connectivity index (χ4v) is 4.79. The van der Waals surface area contributed by atoms with Gasteiger partial charge in [-0.15, -0.1) is 21.5 Å². The molecule has 2 heterocycles. The SMILES string of the molecule is CCNC(=O)NC(=O)C(Sc1nnc(-c2cccs2)n1C1CC1)c1ccccc1. The molecule has 1 aliphatic carbocycles. The summed E-state index contributed by atoms with van der Waals surface area (Å²) >= 11 is 2.94. The molecule has 1 unspecified atom stereocenters. The lowest BCUT2D eigenvalue weighted by atomic mass is 10.1. The van der Waals surface area contributed by atoms with Crippen molar-refractivity contribution in [3.05, 3.63) is 53.4 Å². The number of hydrogen-bond donors (Lipinski definition) is 2. The van der Waals surface area contributed by atoms with Crippen LogP contribution in [0.3, 0.4) is 0 Å². The van der Waals surface area contributed by atoms with Crippen LogP contribution in [0.15, 0.2) is 53.0 Å². The van der Waals surface area contributed by atoms with E-state index in [0.717, 1.165) is 29.1 Å². The molecule has 3 amide bonds. The van der Waals surface area contributed by atoms with Gasteiger partial charge in [-0.3, -0.25) is 14.7 Å². The van der Waals surface area contributed by atoms with Crippen LogP contribution in [0.5, 0.6) is 0 Å². The van der Waals surface area contributed by atoms with Gasteiger partial charge in [-0.25, -0.2) is 4.79 Å². The van der Waals surface area contributed by atoms with Crippen molar-refractivity contribution in [3.8, 4) is 10.7 Å². The van der Waals surface area contributed by atoms with Crippen molar-refractivity contribution in [3.63, 3.8) is 0 Å². The third kappa shape index (κ3) is 4.51. The Morgan fingerprint density at radius 2 is 2.00 bits per heavy atom. The Bertz CT molecular complexity index is 984. The van der Waals surface area contributed by atoms with Crippen molar-refractivity contribution in [2.24, 2.45) is 0 Å². The molecule has 4 rings (SSSR count). The normalized spacial score (nSPS) is 14.4. The minimum absolute atomic E-state index is 0.354. The maximum Gasteiger partial charge on any atom is 0.321 e. The summed E-state index contributed by atoms with van der Waals surface area (Å²) < 4.78 is 2.13. The number of thioether (sulfide) groups is 1. The van der Waals surface area contributed by atoms with E-state index in [-0.39, 0.29) is 5.91 Å². The number of rotatable bonds is 7. The van der Waals surface area contributed by atoms with Crippen LogP contribution in [0.1, 0.15) is 36.6 Å². The van der Waals surface area contributed by atoms with Gasteiger partial charge in [0.05, 0.1) is 4.88 Å². The molecule has 1 aliphatic rings. The largest absolute Gasteiger partial charge is 0.338 e. The molecule has 0 spiro atoms. The van der Waals surface area contributed by atoms with Gasteiger partial charge in [0.15, 0.2) is 11.0 Å². The first-order valence-electron chi connectivity index (χ1n) is 9.46. The Morgan fingerprint density at radius 3 is 2.66 bits per heavy atom. The van der Waals surface area contributed by atoms with E-state index >= 15 is 0 Å². The minimum atomic E-state index is -0.614. The van der Waals surface area contributed by atoms with Gasteiger partial charge in [-0.05, 0) is 36.8 Å². The van der Waals surface area contributed by atoms with Crippen LogP contribution in [0.25, 0.3) is 10.7 Å². The van der Waals surface area contributed by atoms with Crippen molar-refractivity contribution in [1.82, 2.24) is 25.4 Å². The fourth-order valence-electron chi connectivity index (χ4n) is 2.98. The third-order valence-electron chi connectivity index (χ3n) is 4.46. The molecule has 1 saturated carbocycles. The molecule has 1 atom stereocenters. The van der Waals surface area contributed by atoms with Crippen molar-refractivity contribution >= 4 is 35.0 Å². The highest BCUT2D eigenvalue weighted by molar-refractivity contribution is 8.00. The highest BCUT2D eigenvalue weighted by Crippen LogP contribution is 2.44. The summed E-state index contributed by atoms with van der Waals surface area (Å²) in [5.74, 6) is 0.455. The van der Waals surface area contributed by atoms with E-state index in [1.54, 1.807) is 18.3 Å². The molecular weight excluding hydrogens is 406 g/mol. The molecule has 0 bridgehead atoms.